The van der Waals surface area contributed by atoms with Gasteiger partial charge in [-0.25, -0.2) is 9.59 Å². The summed E-state index contributed by atoms with van der Waals surface area (Å²) in [5.74, 6) is -1.92. The minimum Gasteiger partial charge on any atom is -0.480 e. The lowest BCUT2D eigenvalue weighted by Gasteiger charge is -2.41. The Morgan fingerprint density at radius 2 is 1.64 bits per heavy atom. The molecule has 4 N–H and O–H groups in total. The Labute approximate surface area is 192 Å². The van der Waals surface area contributed by atoms with Crippen molar-refractivity contribution in [2.24, 2.45) is 0 Å². The lowest BCUT2D eigenvalue weighted by atomic mass is 9.74. The molecule has 0 radical (unpaired) electrons. The van der Waals surface area contributed by atoms with Crippen molar-refractivity contribution in [3.63, 3.8) is 0 Å². The van der Waals surface area contributed by atoms with Crippen LogP contribution < -0.4 is 10.6 Å². The summed E-state index contributed by atoms with van der Waals surface area (Å²) in [5.41, 5.74) is 3.74. The molecule has 0 bridgehead atoms. The van der Waals surface area contributed by atoms with Crippen LogP contribution in [0.2, 0.25) is 0 Å². The van der Waals surface area contributed by atoms with E-state index in [1.807, 2.05) is 36.4 Å². The molecule has 8 nitrogen and oxygen atoms in total. The number of carboxylic acid groups (broad SMARTS) is 1. The van der Waals surface area contributed by atoms with Crippen molar-refractivity contribution in [3.8, 4) is 11.1 Å². The standard InChI is InChI=1S/C25H28N2O6/c1-15(28)22(23(30)31)26-21(29)13-25(11-6-12-25)27-24(32)33-14-20-18-9-4-2-7-16(18)17-8-3-5-10-19(17)20/h2-5,7-10,15,20,22,28H,6,11-14H2,1H3,(H,26,29)(H,27,32)(H,30,31)/t15-,22+/m1/s1. The van der Waals surface area contributed by atoms with Crippen molar-refractivity contribution >= 4 is 18.0 Å². The maximum absolute atomic E-state index is 12.7. The highest BCUT2D eigenvalue weighted by Crippen LogP contribution is 2.44. The number of carbonyl (C=O) groups excluding carboxylic acids is 2. The van der Waals surface area contributed by atoms with E-state index in [1.54, 1.807) is 0 Å². The number of carbonyl (C=O) groups is 3. The Bertz CT molecular complexity index is 1020. The molecule has 174 valence electrons. The Hall–Kier alpha value is -3.39. The first-order valence-corrected chi connectivity index (χ1v) is 11.1. The predicted octanol–water partition coefficient (Wildman–Crippen LogP) is 2.79. The van der Waals surface area contributed by atoms with Crippen LogP contribution >= 0.6 is 0 Å². The van der Waals surface area contributed by atoms with Crippen LogP contribution in [0.15, 0.2) is 48.5 Å². The Kier molecular flexibility index (Phi) is 6.37. The van der Waals surface area contributed by atoms with Crippen LogP contribution in [-0.4, -0.2) is 52.5 Å². The number of hydrogen-bond acceptors (Lipinski definition) is 5. The average molecular weight is 453 g/mol. The Balaban J connectivity index is 1.37. The summed E-state index contributed by atoms with van der Waals surface area (Å²) < 4.78 is 5.59. The van der Waals surface area contributed by atoms with Gasteiger partial charge in [0.15, 0.2) is 6.04 Å². The van der Waals surface area contributed by atoms with Gasteiger partial charge in [0, 0.05) is 12.3 Å². The van der Waals surface area contributed by atoms with Crippen LogP contribution in [0.3, 0.4) is 0 Å². The second-order valence-corrected chi connectivity index (χ2v) is 8.89. The third kappa shape index (κ3) is 4.71. The number of hydrogen-bond donors (Lipinski definition) is 4. The molecule has 1 fully saturated rings. The van der Waals surface area contributed by atoms with Gasteiger partial charge >= 0.3 is 12.1 Å². The van der Waals surface area contributed by atoms with E-state index in [2.05, 4.69) is 22.8 Å². The Morgan fingerprint density at radius 3 is 2.12 bits per heavy atom. The number of nitrogens with one attached hydrogen (secondary N) is 2. The van der Waals surface area contributed by atoms with Crippen molar-refractivity contribution in [1.29, 1.82) is 0 Å². The van der Waals surface area contributed by atoms with Crippen LogP contribution in [0.4, 0.5) is 4.79 Å². The van der Waals surface area contributed by atoms with E-state index in [9.17, 15) is 19.5 Å². The zero-order valence-corrected chi connectivity index (χ0v) is 18.4. The number of amides is 2. The molecule has 2 aromatic rings. The van der Waals surface area contributed by atoms with Crippen LogP contribution in [0, 0.1) is 0 Å². The van der Waals surface area contributed by atoms with Gasteiger partial charge in [0.05, 0.1) is 11.6 Å². The predicted molar refractivity (Wildman–Crippen MR) is 121 cm³/mol. The van der Waals surface area contributed by atoms with E-state index < -0.39 is 35.7 Å². The van der Waals surface area contributed by atoms with E-state index >= 15 is 0 Å². The fraction of sp³-hybridized carbons (Fsp3) is 0.400. The number of alkyl carbamates (subject to hydrolysis) is 1. The first-order valence-electron chi connectivity index (χ1n) is 11.1. The van der Waals surface area contributed by atoms with Crippen LogP contribution in [0.5, 0.6) is 0 Å². The van der Waals surface area contributed by atoms with Crippen molar-refractivity contribution < 1.29 is 29.3 Å². The zero-order chi connectivity index (χ0) is 23.6. The molecular weight excluding hydrogens is 424 g/mol. The fourth-order valence-electron chi connectivity index (χ4n) is 4.72. The number of rotatable bonds is 8. The van der Waals surface area contributed by atoms with Crippen LogP contribution in [-0.2, 0) is 14.3 Å². The van der Waals surface area contributed by atoms with Gasteiger partial charge in [-0.15, -0.1) is 0 Å². The summed E-state index contributed by atoms with van der Waals surface area (Å²) in [7, 11) is 0. The second kappa shape index (κ2) is 9.23. The maximum atomic E-state index is 12.7. The zero-order valence-electron chi connectivity index (χ0n) is 18.4. The van der Waals surface area contributed by atoms with E-state index in [-0.39, 0.29) is 18.9 Å². The largest absolute Gasteiger partial charge is 0.480 e. The van der Waals surface area contributed by atoms with E-state index in [1.165, 1.54) is 6.92 Å². The quantitative estimate of drug-likeness (QED) is 0.488. The molecule has 0 heterocycles. The number of carboxylic acids is 1. The van der Waals surface area contributed by atoms with Crippen molar-refractivity contribution in [3.05, 3.63) is 59.7 Å². The SMILES string of the molecule is C[C@@H](O)[C@H](NC(=O)CC1(NC(=O)OCC2c3ccccc3-c3ccccc32)CCC1)C(=O)O. The maximum Gasteiger partial charge on any atom is 0.407 e. The van der Waals surface area contributed by atoms with E-state index in [0.29, 0.717) is 12.8 Å². The molecule has 1 saturated carbocycles. The normalized spacial score (nSPS) is 17.6. The van der Waals surface area contributed by atoms with Crippen molar-refractivity contribution in [2.45, 2.75) is 56.2 Å². The molecule has 2 aliphatic carbocycles. The number of fused-ring (bicyclic) bond motifs is 3. The number of aliphatic hydroxyl groups excluding tert-OH is 1. The summed E-state index contributed by atoms with van der Waals surface area (Å²) in [6.45, 7) is 1.47. The number of benzene rings is 2. The third-order valence-electron chi connectivity index (χ3n) is 6.59. The molecular formula is C25H28N2O6. The molecule has 0 aromatic heterocycles. The van der Waals surface area contributed by atoms with Gasteiger partial charge in [-0.2, -0.15) is 0 Å². The fourth-order valence-corrected chi connectivity index (χ4v) is 4.72. The Morgan fingerprint density at radius 1 is 1.06 bits per heavy atom. The monoisotopic (exact) mass is 452 g/mol. The van der Waals surface area contributed by atoms with Gasteiger partial charge in [-0.3, -0.25) is 4.79 Å². The minimum atomic E-state index is -1.40. The molecule has 2 aromatic carbocycles. The topological polar surface area (TPSA) is 125 Å². The summed E-state index contributed by atoms with van der Waals surface area (Å²) in [4.78, 5) is 36.3. The highest BCUT2D eigenvalue weighted by Gasteiger charge is 2.42. The lowest BCUT2D eigenvalue weighted by molar-refractivity contribution is -0.145. The summed E-state index contributed by atoms with van der Waals surface area (Å²) >= 11 is 0. The lowest BCUT2D eigenvalue weighted by Crippen LogP contribution is -2.57. The molecule has 33 heavy (non-hydrogen) atoms. The second-order valence-electron chi connectivity index (χ2n) is 8.89. The van der Waals surface area contributed by atoms with Crippen molar-refractivity contribution in [2.75, 3.05) is 6.61 Å². The summed E-state index contributed by atoms with van der Waals surface area (Å²) in [6, 6.07) is 14.7. The minimum absolute atomic E-state index is 0.0637. The van der Waals surface area contributed by atoms with Gasteiger partial charge < -0.3 is 25.6 Å². The van der Waals surface area contributed by atoms with Gasteiger partial charge in [-0.1, -0.05) is 48.5 Å². The van der Waals surface area contributed by atoms with Gasteiger partial charge in [0.25, 0.3) is 0 Å². The summed E-state index contributed by atoms with van der Waals surface area (Å²) in [5, 5.41) is 23.9. The molecule has 2 aliphatic rings. The molecule has 8 heteroatoms. The summed E-state index contributed by atoms with van der Waals surface area (Å²) in [6.07, 6.45) is 0.117. The van der Waals surface area contributed by atoms with Crippen LogP contribution in [0.25, 0.3) is 11.1 Å². The molecule has 0 spiro atoms. The first-order chi connectivity index (χ1) is 15.8. The van der Waals surface area contributed by atoms with Crippen LogP contribution in [0.1, 0.15) is 49.7 Å². The van der Waals surface area contributed by atoms with Gasteiger partial charge in [0.2, 0.25) is 5.91 Å². The first kappa shape index (κ1) is 22.8. The molecule has 4 rings (SSSR count). The number of aliphatic carboxylic acids is 1. The van der Waals surface area contributed by atoms with Gasteiger partial charge in [-0.05, 0) is 48.4 Å². The number of ether oxygens (including phenoxy) is 1. The molecule has 0 aliphatic heterocycles. The molecule has 2 amide bonds. The molecule has 0 unspecified atom stereocenters. The highest BCUT2D eigenvalue weighted by molar-refractivity contribution is 5.85. The molecule has 0 saturated heterocycles. The molecule has 2 atom stereocenters. The van der Waals surface area contributed by atoms with E-state index in [0.717, 1.165) is 28.7 Å². The highest BCUT2D eigenvalue weighted by atomic mass is 16.5. The van der Waals surface area contributed by atoms with Gasteiger partial charge in [0.1, 0.15) is 6.61 Å². The average Bonchev–Trinajstić information content (AvgIpc) is 3.08. The smallest absolute Gasteiger partial charge is 0.407 e. The van der Waals surface area contributed by atoms with Crippen molar-refractivity contribution in [1.82, 2.24) is 10.6 Å². The van der Waals surface area contributed by atoms with E-state index in [4.69, 9.17) is 9.84 Å². The third-order valence-corrected chi connectivity index (χ3v) is 6.59. The number of aliphatic hydroxyl groups is 1.